The van der Waals surface area contributed by atoms with Crippen LogP contribution in [-0.4, -0.2) is 23.2 Å². The number of aliphatic hydroxyl groups is 1. The van der Waals surface area contributed by atoms with Gasteiger partial charge in [0.25, 0.3) is 0 Å². The molecule has 0 heterocycles. The number of amides is 1. The average Bonchev–Trinajstić information content (AvgIpc) is 2.08. The second kappa shape index (κ2) is 4.20. The number of hydrogen-bond acceptors (Lipinski definition) is 3. The van der Waals surface area contributed by atoms with E-state index in [4.69, 9.17) is 16.6 Å². The van der Waals surface area contributed by atoms with Gasteiger partial charge in [0.2, 0.25) is 5.91 Å². The Morgan fingerprint density at radius 3 is 2.92 bits per heavy atom. The molecule has 1 amide bonds. The molecular formula is C9H14N2O2. The van der Waals surface area contributed by atoms with Crippen LogP contribution >= 0.6 is 0 Å². The van der Waals surface area contributed by atoms with Gasteiger partial charge in [0.1, 0.15) is 0 Å². The summed E-state index contributed by atoms with van der Waals surface area (Å²) >= 11 is 0. The summed E-state index contributed by atoms with van der Waals surface area (Å²) in [5, 5.41) is 9.12. The molecule has 4 heteroatoms. The Morgan fingerprint density at radius 1 is 1.77 bits per heavy atom. The van der Waals surface area contributed by atoms with Crippen LogP contribution in [0.15, 0.2) is 23.8 Å². The number of hydrogen-bond donors (Lipinski definition) is 3. The van der Waals surface area contributed by atoms with Crippen LogP contribution < -0.4 is 11.5 Å². The molecule has 13 heavy (non-hydrogen) atoms. The fraction of sp³-hybridized carbons (Fsp3) is 0.444. The van der Waals surface area contributed by atoms with Crippen LogP contribution in [0.5, 0.6) is 0 Å². The predicted molar refractivity (Wildman–Crippen MR) is 49.6 cm³/mol. The van der Waals surface area contributed by atoms with E-state index in [1.165, 1.54) is 0 Å². The first-order valence-corrected chi connectivity index (χ1v) is 4.20. The minimum absolute atomic E-state index is 0.409. The van der Waals surface area contributed by atoms with Crippen LogP contribution in [0.25, 0.3) is 0 Å². The van der Waals surface area contributed by atoms with E-state index in [0.717, 1.165) is 5.57 Å². The van der Waals surface area contributed by atoms with Crippen molar-refractivity contribution in [1.29, 1.82) is 0 Å². The SMILES string of the molecule is NC(=O)C(N)CC1=CCC(O)C=C1. The lowest BCUT2D eigenvalue weighted by Crippen LogP contribution is -2.36. The molecule has 0 aromatic heterocycles. The molecule has 1 rings (SSSR count). The van der Waals surface area contributed by atoms with E-state index in [1.807, 2.05) is 6.08 Å². The maximum absolute atomic E-state index is 10.6. The predicted octanol–water partition coefficient (Wildman–Crippen LogP) is -0.564. The number of nitrogens with two attached hydrogens (primary N) is 2. The molecule has 0 radical (unpaired) electrons. The Kier molecular flexibility index (Phi) is 3.22. The third-order valence-electron chi connectivity index (χ3n) is 1.98. The molecule has 2 unspecified atom stereocenters. The Balaban J connectivity index is 2.47. The van der Waals surface area contributed by atoms with Gasteiger partial charge >= 0.3 is 0 Å². The van der Waals surface area contributed by atoms with Crippen molar-refractivity contribution in [3.63, 3.8) is 0 Å². The van der Waals surface area contributed by atoms with Crippen LogP contribution in [0.4, 0.5) is 0 Å². The molecule has 5 N–H and O–H groups in total. The van der Waals surface area contributed by atoms with Crippen molar-refractivity contribution in [3.05, 3.63) is 23.8 Å². The van der Waals surface area contributed by atoms with E-state index in [1.54, 1.807) is 12.2 Å². The standard InChI is InChI=1S/C9H14N2O2/c10-8(9(11)13)5-6-1-3-7(12)4-2-6/h1-3,7-8,12H,4-5,10H2,(H2,11,13). The first-order valence-electron chi connectivity index (χ1n) is 4.20. The molecular weight excluding hydrogens is 168 g/mol. The topological polar surface area (TPSA) is 89.3 Å². The molecule has 4 nitrogen and oxygen atoms in total. The third kappa shape index (κ3) is 3.01. The summed E-state index contributed by atoms with van der Waals surface area (Å²) in [6, 6.07) is -0.633. The summed E-state index contributed by atoms with van der Waals surface area (Å²) in [5.74, 6) is -0.500. The summed E-state index contributed by atoms with van der Waals surface area (Å²) in [6.45, 7) is 0. The second-order valence-electron chi connectivity index (χ2n) is 3.15. The summed E-state index contributed by atoms with van der Waals surface area (Å²) in [5.41, 5.74) is 11.4. The summed E-state index contributed by atoms with van der Waals surface area (Å²) in [4.78, 5) is 10.6. The second-order valence-corrected chi connectivity index (χ2v) is 3.15. The highest BCUT2D eigenvalue weighted by atomic mass is 16.3. The first-order chi connectivity index (χ1) is 6.09. The molecule has 0 aromatic rings. The van der Waals surface area contributed by atoms with Gasteiger partial charge in [-0.25, -0.2) is 0 Å². The highest BCUT2D eigenvalue weighted by molar-refractivity contribution is 5.80. The fourth-order valence-electron chi connectivity index (χ4n) is 1.16. The quantitative estimate of drug-likeness (QED) is 0.546. The van der Waals surface area contributed by atoms with E-state index in [9.17, 15) is 4.79 Å². The van der Waals surface area contributed by atoms with Crippen LogP contribution in [0.1, 0.15) is 12.8 Å². The van der Waals surface area contributed by atoms with Crippen molar-refractivity contribution in [1.82, 2.24) is 0 Å². The van der Waals surface area contributed by atoms with E-state index in [-0.39, 0.29) is 0 Å². The van der Waals surface area contributed by atoms with Gasteiger partial charge in [0.05, 0.1) is 12.1 Å². The van der Waals surface area contributed by atoms with Gasteiger partial charge < -0.3 is 16.6 Å². The average molecular weight is 182 g/mol. The molecule has 0 spiro atoms. The fourth-order valence-corrected chi connectivity index (χ4v) is 1.16. The minimum Gasteiger partial charge on any atom is -0.389 e. The molecule has 0 saturated carbocycles. The van der Waals surface area contributed by atoms with Gasteiger partial charge in [-0.1, -0.05) is 23.8 Å². The zero-order chi connectivity index (χ0) is 9.84. The number of carbonyl (C=O) groups is 1. The molecule has 0 bridgehead atoms. The Morgan fingerprint density at radius 2 is 2.46 bits per heavy atom. The summed E-state index contributed by atoms with van der Waals surface area (Å²) in [6.07, 6.45) is 5.94. The van der Waals surface area contributed by atoms with Crippen LogP contribution in [0.3, 0.4) is 0 Å². The zero-order valence-corrected chi connectivity index (χ0v) is 7.31. The number of allylic oxidation sites excluding steroid dienone is 1. The lowest BCUT2D eigenvalue weighted by Gasteiger charge is -2.13. The molecule has 72 valence electrons. The van der Waals surface area contributed by atoms with Crippen molar-refractivity contribution < 1.29 is 9.90 Å². The van der Waals surface area contributed by atoms with E-state index in [0.29, 0.717) is 12.8 Å². The monoisotopic (exact) mass is 182 g/mol. The van der Waals surface area contributed by atoms with E-state index in [2.05, 4.69) is 0 Å². The highest BCUT2D eigenvalue weighted by Crippen LogP contribution is 2.14. The smallest absolute Gasteiger partial charge is 0.234 e. The number of carbonyl (C=O) groups excluding carboxylic acids is 1. The maximum atomic E-state index is 10.6. The van der Waals surface area contributed by atoms with Gasteiger partial charge in [-0.2, -0.15) is 0 Å². The minimum atomic E-state index is -0.633. The molecule has 2 atom stereocenters. The van der Waals surface area contributed by atoms with Crippen molar-refractivity contribution in [2.45, 2.75) is 25.0 Å². The number of rotatable bonds is 3. The van der Waals surface area contributed by atoms with Crippen molar-refractivity contribution in [2.75, 3.05) is 0 Å². The van der Waals surface area contributed by atoms with E-state index >= 15 is 0 Å². The van der Waals surface area contributed by atoms with Gasteiger partial charge in [0.15, 0.2) is 0 Å². The van der Waals surface area contributed by atoms with Gasteiger partial charge in [0, 0.05) is 0 Å². The van der Waals surface area contributed by atoms with Gasteiger partial charge in [-0.05, 0) is 12.8 Å². The highest BCUT2D eigenvalue weighted by Gasteiger charge is 2.12. The van der Waals surface area contributed by atoms with Crippen LogP contribution in [0.2, 0.25) is 0 Å². The Hall–Kier alpha value is -1.13. The molecule has 0 fully saturated rings. The Labute approximate surface area is 76.9 Å². The molecule has 1 aliphatic carbocycles. The third-order valence-corrected chi connectivity index (χ3v) is 1.98. The Bertz CT molecular complexity index is 258. The molecule has 1 aliphatic rings. The number of aliphatic hydroxyl groups excluding tert-OH is 1. The molecule has 0 saturated heterocycles. The number of primary amides is 1. The van der Waals surface area contributed by atoms with Crippen molar-refractivity contribution >= 4 is 5.91 Å². The lowest BCUT2D eigenvalue weighted by atomic mass is 9.99. The largest absolute Gasteiger partial charge is 0.389 e. The maximum Gasteiger partial charge on any atom is 0.234 e. The van der Waals surface area contributed by atoms with E-state index < -0.39 is 18.1 Å². The summed E-state index contributed by atoms with van der Waals surface area (Å²) in [7, 11) is 0. The normalized spacial score (nSPS) is 23.8. The van der Waals surface area contributed by atoms with Crippen LogP contribution in [-0.2, 0) is 4.79 Å². The summed E-state index contributed by atoms with van der Waals surface area (Å²) < 4.78 is 0. The van der Waals surface area contributed by atoms with Crippen LogP contribution in [0, 0.1) is 0 Å². The van der Waals surface area contributed by atoms with Gasteiger partial charge in [-0.15, -0.1) is 0 Å². The zero-order valence-electron chi connectivity index (χ0n) is 7.31. The van der Waals surface area contributed by atoms with Crippen molar-refractivity contribution in [3.8, 4) is 0 Å². The van der Waals surface area contributed by atoms with Gasteiger partial charge in [-0.3, -0.25) is 4.79 Å². The van der Waals surface area contributed by atoms with Crippen molar-refractivity contribution in [2.24, 2.45) is 11.5 Å². The molecule has 0 aromatic carbocycles. The first kappa shape index (κ1) is 9.95. The molecule has 0 aliphatic heterocycles. The lowest BCUT2D eigenvalue weighted by molar-refractivity contribution is -0.119.